The smallest absolute Gasteiger partial charge is 0.276 e. The fraction of sp³-hybridized carbons (Fsp3) is 0.286. The van der Waals surface area contributed by atoms with Gasteiger partial charge in [-0.05, 0) is 18.2 Å². The molecule has 0 fully saturated rings. The summed E-state index contributed by atoms with van der Waals surface area (Å²) in [6.45, 7) is 1.35. The van der Waals surface area contributed by atoms with Crippen LogP contribution in [0.25, 0.3) is 0 Å². The first-order valence-corrected chi connectivity index (χ1v) is 9.26. The Kier molecular flexibility index (Phi) is 6.31. The molecular weight excluding hydrogens is 395 g/mol. The predicted molar refractivity (Wildman–Crippen MR) is 103 cm³/mol. The first-order valence-electron chi connectivity index (χ1n) is 9.26. The number of rotatable bonds is 7. The van der Waals surface area contributed by atoms with Crippen LogP contribution in [0.15, 0.2) is 36.4 Å². The Labute approximate surface area is 172 Å². The highest BCUT2D eigenvalue weighted by Crippen LogP contribution is 2.32. The first kappa shape index (κ1) is 21.3. The van der Waals surface area contributed by atoms with Gasteiger partial charge in [0.25, 0.3) is 11.8 Å². The molecule has 1 aliphatic rings. The second kappa shape index (κ2) is 8.91. The summed E-state index contributed by atoms with van der Waals surface area (Å²) in [7, 11) is 1.36. The molecule has 0 aliphatic carbocycles. The highest BCUT2D eigenvalue weighted by molar-refractivity contribution is 6.03. The lowest BCUT2D eigenvalue weighted by Gasteiger charge is -2.21. The Bertz CT molecular complexity index is 993. The van der Waals surface area contributed by atoms with Gasteiger partial charge in [0, 0.05) is 23.1 Å². The molecule has 8 nitrogen and oxygen atoms in total. The molecule has 9 heteroatoms. The van der Waals surface area contributed by atoms with E-state index in [2.05, 4.69) is 0 Å². The summed E-state index contributed by atoms with van der Waals surface area (Å²) in [5.41, 5.74) is 0.984. The van der Waals surface area contributed by atoms with Gasteiger partial charge in [-0.15, -0.1) is 0 Å². The van der Waals surface area contributed by atoms with Gasteiger partial charge in [-0.1, -0.05) is 25.1 Å². The molecular formula is C21H21FN2O6. The van der Waals surface area contributed by atoms with Crippen molar-refractivity contribution in [2.75, 3.05) is 7.11 Å². The van der Waals surface area contributed by atoms with Crippen molar-refractivity contribution in [2.45, 2.75) is 32.7 Å². The number of aliphatic hydroxyl groups is 1. The van der Waals surface area contributed by atoms with E-state index < -0.39 is 29.8 Å². The number of carbonyl (C=O) groups excluding carboxylic acids is 3. The molecule has 30 heavy (non-hydrogen) atoms. The molecule has 1 atom stereocenters. The fourth-order valence-corrected chi connectivity index (χ4v) is 3.07. The van der Waals surface area contributed by atoms with Gasteiger partial charge in [-0.25, -0.2) is 4.39 Å². The number of imide groups is 1. The minimum absolute atomic E-state index is 0.0610. The molecule has 0 bridgehead atoms. The number of ether oxygens (including phenoxy) is 2. The number of fused-ring (bicyclic) bond motifs is 1. The maximum Gasteiger partial charge on any atom is 0.276 e. The van der Waals surface area contributed by atoms with E-state index in [1.165, 1.54) is 13.2 Å². The SMILES string of the molecule is CCC(=O)NC(=O)C(O)N1Cc2c(OCc3cccc(OC)c3F)cccc2C1=O. The van der Waals surface area contributed by atoms with Crippen LogP contribution in [0.4, 0.5) is 4.39 Å². The zero-order chi connectivity index (χ0) is 21.8. The van der Waals surface area contributed by atoms with Crippen LogP contribution in [0, 0.1) is 5.82 Å². The highest BCUT2D eigenvalue weighted by atomic mass is 19.1. The van der Waals surface area contributed by atoms with Crippen LogP contribution in [-0.4, -0.2) is 41.1 Å². The van der Waals surface area contributed by atoms with Gasteiger partial charge in [-0.3, -0.25) is 19.7 Å². The summed E-state index contributed by atoms with van der Waals surface area (Å²) in [5.74, 6) is -2.25. The standard InChI is InChI=1S/C21H21FN2O6/c1-3-17(25)23-19(26)21(28)24-10-14-13(20(24)27)7-5-8-15(14)30-11-12-6-4-9-16(29-2)18(12)22/h4-9,21,28H,3,10-11H2,1-2H3,(H,23,25,26). The average molecular weight is 416 g/mol. The van der Waals surface area contributed by atoms with Crippen molar-refractivity contribution in [3.63, 3.8) is 0 Å². The summed E-state index contributed by atoms with van der Waals surface area (Å²) >= 11 is 0. The largest absolute Gasteiger partial charge is 0.494 e. The lowest BCUT2D eigenvalue weighted by Crippen LogP contribution is -2.48. The van der Waals surface area contributed by atoms with Crippen LogP contribution >= 0.6 is 0 Å². The maximum atomic E-state index is 14.3. The number of halogens is 1. The van der Waals surface area contributed by atoms with Gasteiger partial charge in [0.05, 0.1) is 13.7 Å². The van der Waals surface area contributed by atoms with Crippen molar-refractivity contribution < 1.29 is 33.4 Å². The normalized spacial score (nSPS) is 13.6. The van der Waals surface area contributed by atoms with Crippen LogP contribution < -0.4 is 14.8 Å². The van der Waals surface area contributed by atoms with Gasteiger partial charge < -0.3 is 19.5 Å². The zero-order valence-electron chi connectivity index (χ0n) is 16.5. The number of methoxy groups -OCH3 is 1. The van der Waals surface area contributed by atoms with Gasteiger partial charge >= 0.3 is 0 Å². The minimum Gasteiger partial charge on any atom is -0.494 e. The van der Waals surface area contributed by atoms with Crippen molar-refractivity contribution in [1.29, 1.82) is 0 Å². The molecule has 0 saturated carbocycles. The monoisotopic (exact) mass is 416 g/mol. The van der Waals surface area contributed by atoms with E-state index in [0.29, 0.717) is 11.3 Å². The molecule has 2 N–H and O–H groups in total. The van der Waals surface area contributed by atoms with Crippen molar-refractivity contribution in [2.24, 2.45) is 0 Å². The molecule has 1 heterocycles. The Morgan fingerprint density at radius 1 is 1.23 bits per heavy atom. The predicted octanol–water partition coefficient (Wildman–Crippen LogP) is 1.74. The Hall–Kier alpha value is -3.46. The summed E-state index contributed by atoms with van der Waals surface area (Å²) < 4.78 is 25.0. The fourth-order valence-electron chi connectivity index (χ4n) is 3.07. The lowest BCUT2D eigenvalue weighted by atomic mass is 10.1. The Balaban J connectivity index is 1.77. The molecule has 158 valence electrons. The van der Waals surface area contributed by atoms with E-state index in [0.717, 1.165) is 4.90 Å². The second-order valence-electron chi connectivity index (χ2n) is 6.58. The van der Waals surface area contributed by atoms with E-state index >= 15 is 0 Å². The molecule has 0 radical (unpaired) electrons. The average Bonchev–Trinajstić information content (AvgIpc) is 3.09. The summed E-state index contributed by atoms with van der Waals surface area (Å²) in [6, 6.07) is 9.42. The van der Waals surface area contributed by atoms with Crippen LogP contribution in [0.1, 0.15) is 34.8 Å². The quantitative estimate of drug-likeness (QED) is 0.713. The van der Waals surface area contributed by atoms with Crippen molar-refractivity contribution in [3.05, 3.63) is 58.9 Å². The topological polar surface area (TPSA) is 105 Å². The molecule has 3 rings (SSSR count). The number of nitrogens with one attached hydrogen (secondary N) is 1. The molecule has 0 saturated heterocycles. The number of carbonyl (C=O) groups is 3. The van der Waals surface area contributed by atoms with Crippen LogP contribution in [0.3, 0.4) is 0 Å². The van der Waals surface area contributed by atoms with Crippen LogP contribution in [0.2, 0.25) is 0 Å². The van der Waals surface area contributed by atoms with Gasteiger partial charge in [-0.2, -0.15) is 0 Å². The van der Waals surface area contributed by atoms with Crippen LogP contribution in [-0.2, 0) is 22.7 Å². The van der Waals surface area contributed by atoms with Gasteiger partial charge in [0.1, 0.15) is 12.4 Å². The molecule has 2 aromatic carbocycles. The summed E-state index contributed by atoms with van der Waals surface area (Å²) in [5, 5.41) is 12.3. The zero-order valence-corrected chi connectivity index (χ0v) is 16.5. The van der Waals surface area contributed by atoms with Gasteiger partial charge in [0.2, 0.25) is 12.1 Å². The van der Waals surface area contributed by atoms with Crippen molar-refractivity contribution in [3.8, 4) is 11.5 Å². The first-order chi connectivity index (χ1) is 14.4. The van der Waals surface area contributed by atoms with E-state index in [1.807, 2.05) is 5.32 Å². The lowest BCUT2D eigenvalue weighted by molar-refractivity contribution is -0.141. The molecule has 0 spiro atoms. The third-order valence-electron chi connectivity index (χ3n) is 4.71. The molecule has 2 aromatic rings. The third kappa shape index (κ3) is 4.11. The Morgan fingerprint density at radius 2 is 1.93 bits per heavy atom. The number of benzene rings is 2. The molecule has 1 unspecified atom stereocenters. The molecule has 1 aliphatic heterocycles. The molecule has 0 aromatic heterocycles. The number of amides is 3. The second-order valence-corrected chi connectivity index (χ2v) is 6.58. The number of hydrogen-bond acceptors (Lipinski definition) is 6. The summed E-state index contributed by atoms with van der Waals surface area (Å²) in [4.78, 5) is 37.0. The number of aliphatic hydroxyl groups excluding tert-OH is 1. The minimum atomic E-state index is -1.83. The number of hydrogen-bond donors (Lipinski definition) is 2. The van der Waals surface area contributed by atoms with E-state index in [4.69, 9.17) is 9.47 Å². The highest BCUT2D eigenvalue weighted by Gasteiger charge is 2.37. The summed E-state index contributed by atoms with van der Waals surface area (Å²) in [6.07, 6.45) is -1.77. The van der Waals surface area contributed by atoms with Crippen molar-refractivity contribution >= 4 is 17.7 Å². The third-order valence-corrected chi connectivity index (χ3v) is 4.71. The van der Waals surface area contributed by atoms with Crippen LogP contribution in [0.5, 0.6) is 11.5 Å². The van der Waals surface area contributed by atoms with E-state index in [1.54, 1.807) is 37.3 Å². The number of nitrogens with zero attached hydrogens (tertiary/aromatic N) is 1. The van der Waals surface area contributed by atoms with E-state index in [-0.39, 0.29) is 36.4 Å². The van der Waals surface area contributed by atoms with E-state index in [9.17, 15) is 23.9 Å². The van der Waals surface area contributed by atoms with Crippen molar-refractivity contribution in [1.82, 2.24) is 10.2 Å². The molecule has 3 amide bonds. The van der Waals surface area contributed by atoms with Gasteiger partial charge in [0.15, 0.2) is 11.6 Å². The Morgan fingerprint density at radius 3 is 2.63 bits per heavy atom. The maximum absolute atomic E-state index is 14.3.